The standard InChI is InChI=1S/C20H22N8O/c1-14(2)12-16(19-24-23-17-10-6-7-11-27(17)19)22-20(29)18(28-13-21-25-26-28)15-8-4-3-5-9-15/h3-11,13-14,16,18H,12H2,1-2H3,(H,22,29)/t16-,18-/m0/s1. The van der Waals surface area contributed by atoms with Crippen LogP contribution in [0.2, 0.25) is 0 Å². The highest BCUT2D eigenvalue weighted by atomic mass is 16.2. The highest BCUT2D eigenvalue weighted by molar-refractivity contribution is 5.83. The average molecular weight is 390 g/mol. The fourth-order valence-corrected chi connectivity index (χ4v) is 3.39. The van der Waals surface area contributed by atoms with E-state index in [2.05, 4.69) is 44.9 Å². The zero-order chi connectivity index (χ0) is 20.2. The molecule has 9 heteroatoms. The molecule has 0 bridgehead atoms. The lowest BCUT2D eigenvalue weighted by Crippen LogP contribution is -2.37. The predicted molar refractivity (Wildman–Crippen MR) is 106 cm³/mol. The summed E-state index contributed by atoms with van der Waals surface area (Å²) in [6.45, 7) is 4.22. The van der Waals surface area contributed by atoms with Gasteiger partial charge in [-0.2, -0.15) is 0 Å². The first-order chi connectivity index (χ1) is 14.1. The van der Waals surface area contributed by atoms with Crippen LogP contribution >= 0.6 is 0 Å². The van der Waals surface area contributed by atoms with Gasteiger partial charge in [0.2, 0.25) is 5.91 Å². The molecule has 9 nitrogen and oxygen atoms in total. The van der Waals surface area contributed by atoms with Crippen molar-refractivity contribution in [1.82, 2.24) is 40.1 Å². The summed E-state index contributed by atoms with van der Waals surface area (Å²) in [6.07, 6.45) is 4.07. The van der Waals surface area contributed by atoms with Crippen molar-refractivity contribution in [3.63, 3.8) is 0 Å². The van der Waals surface area contributed by atoms with Crippen LogP contribution in [0.1, 0.15) is 43.7 Å². The van der Waals surface area contributed by atoms with Crippen LogP contribution in [0, 0.1) is 5.92 Å². The van der Waals surface area contributed by atoms with Crippen LogP contribution < -0.4 is 5.32 Å². The molecular weight excluding hydrogens is 368 g/mol. The molecule has 3 aromatic heterocycles. The normalized spacial score (nSPS) is 13.5. The number of fused-ring (bicyclic) bond motifs is 1. The highest BCUT2D eigenvalue weighted by Crippen LogP contribution is 2.24. The molecule has 148 valence electrons. The lowest BCUT2D eigenvalue weighted by Gasteiger charge is -2.23. The van der Waals surface area contributed by atoms with Crippen molar-refractivity contribution in [3.05, 3.63) is 72.4 Å². The van der Waals surface area contributed by atoms with Gasteiger partial charge in [0.25, 0.3) is 0 Å². The maximum absolute atomic E-state index is 13.4. The summed E-state index contributed by atoms with van der Waals surface area (Å²) >= 11 is 0. The Morgan fingerprint density at radius 1 is 1.07 bits per heavy atom. The number of tetrazole rings is 1. The molecule has 0 aliphatic rings. The van der Waals surface area contributed by atoms with E-state index in [9.17, 15) is 4.79 Å². The minimum Gasteiger partial charge on any atom is -0.344 e. The summed E-state index contributed by atoms with van der Waals surface area (Å²) in [5.41, 5.74) is 1.54. The van der Waals surface area contributed by atoms with Crippen molar-refractivity contribution in [3.8, 4) is 0 Å². The van der Waals surface area contributed by atoms with Crippen molar-refractivity contribution in [2.45, 2.75) is 32.4 Å². The Bertz CT molecular complexity index is 1070. The monoisotopic (exact) mass is 390 g/mol. The van der Waals surface area contributed by atoms with Crippen LogP contribution in [0.25, 0.3) is 5.65 Å². The van der Waals surface area contributed by atoms with E-state index < -0.39 is 6.04 Å². The second kappa shape index (κ2) is 8.17. The van der Waals surface area contributed by atoms with Gasteiger partial charge in [0, 0.05) is 6.20 Å². The molecule has 0 aliphatic carbocycles. The van der Waals surface area contributed by atoms with E-state index in [1.54, 1.807) is 0 Å². The summed E-state index contributed by atoms with van der Waals surface area (Å²) in [5, 5.41) is 23.1. The predicted octanol–water partition coefficient (Wildman–Crippen LogP) is 2.21. The number of benzene rings is 1. The van der Waals surface area contributed by atoms with Gasteiger partial charge in [-0.3, -0.25) is 9.20 Å². The van der Waals surface area contributed by atoms with Gasteiger partial charge in [0.1, 0.15) is 6.33 Å². The Balaban J connectivity index is 1.68. The third-order valence-corrected chi connectivity index (χ3v) is 4.67. The lowest BCUT2D eigenvalue weighted by molar-refractivity contribution is -0.124. The molecule has 1 aromatic carbocycles. The zero-order valence-electron chi connectivity index (χ0n) is 16.3. The first-order valence-corrected chi connectivity index (χ1v) is 9.51. The van der Waals surface area contributed by atoms with Crippen LogP contribution in [0.15, 0.2) is 61.1 Å². The Labute approximate surface area is 167 Å². The molecule has 3 heterocycles. The summed E-state index contributed by atoms with van der Waals surface area (Å²) in [7, 11) is 0. The van der Waals surface area contributed by atoms with Gasteiger partial charge in [-0.05, 0) is 40.5 Å². The second-order valence-corrected chi connectivity index (χ2v) is 7.28. The van der Waals surface area contributed by atoms with Crippen molar-refractivity contribution < 1.29 is 4.79 Å². The maximum Gasteiger partial charge on any atom is 0.250 e. The summed E-state index contributed by atoms with van der Waals surface area (Å²) in [4.78, 5) is 13.4. The number of hydrogen-bond donors (Lipinski definition) is 1. The molecule has 0 spiro atoms. The highest BCUT2D eigenvalue weighted by Gasteiger charge is 2.28. The Hall–Kier alpha value is -3.62. The van der Waals surface area contributed by atoms with Gasteiger partial charge < -0.3 is 5.32 Å². The quantitative estimate of drug-likeness (QED) is 0.519. The fraction of sp³-hybridized carbons (Fsp3) is 0.300. The van der Waals surface area contributed by atoms with Crippen LogP contribution in [0.5, 0.6) is 0 Å². The number of amides is 1. The number of pyridine rings is 1. The maximum atomic E-state index is 13.4. The number of carbonyl (C=O) groups is 1. The largest absolute Gasteiger partial charge is 0.344 e. The molecule has 2 atom stereocenters. The van der Waals surface area contributed by atoms with Gasteiger partial charge in [-0.1, -0.05) is 50.2 Å². The lowest BCUT2D eigenvalue weighted by atomic mass is 10.0. The average Bonchev–Trinajstić information content (AvgIpc) is 3.38. The molecule has 29 heavy (non-hydrogen) atoms. The molecule has 1 amide bonds. The molecule has 0 radical (unpaired) electrons. The van der Waals surface area contributed by atoms with Crippen LogP contribution in [-0.2, 0) is 4.79 Å². The topological polar surface area (TPSA) is 103 Å². The molecular formula is C20H22N8O. The van der Waals surface area contributed by atoms with E-state index in [1.807, 2.05) is 59.1 Å². The second-order valence-electron chi connectivity index (χ2n) is 7.28. The molecule has 0 saturated carbocycles. The molecule has 0 unspecified atom stereocenters. The van der Waals surface area contributed by atoms with Crippen LogP contribution in [0.4, 0.5) is 0 Å². The van der Waals surface area contributed by atoms with E-state index in [-0.39, 0.29) is 11.9 Å². The van der Waals surface area contributed by atoms with Gasteiger partial charge in [0.05, 0.1) is 6.04 Å². The smallest absolute Gasteiger partial charge is 0.250 e. The molecule has 0 fully saturated rings. The third kappa shape index (κ3) is 3.98. The minimum absolute atomic E-state index is 0.207. The summed E-state index contributed by atoms with van der Waals surface area (Å²) < 4.78 is 3.36. The number of aromatic nitrogens is 7. The molecule has 1 N–H and O–H groups in total. The first-order valence-electron chi connectivity index (χ1n) is 9.51. The van der Waals surface area contributed by atoms with Crippen molar-refractivity contribution >= 4 is 11.6 Å². The number of nitrogens with zero attached hydrogens (tertiary/aromatic N) is 7. The number of nitrogens with one attached hydrogen (secondary N) is 1. The Morgan fingerprint density at radius 2 is 1.86 bits per heavy atom. The fourth-order valence-electron chi connectivity index (χ4n) is 3.39. The van der Waals surface area contributed by atoms with Gasteiger partial charge in [-0.15, -0.1) is 15.3 Å². The molecule has 4 aromatic rings. The number of rotatable bonds is 7. The first kappa shape index (κ1) is 18.7. The summed E-state index contributed by atoms with van der Waals surface area (Å²) in [5.74, 6) is 0.840. The molecule has 0 saturated heterocycles. The van der Waals surface area contributed by atoms with Crippen molar-refractivity contribution in [1.29, 1.82) is 0 Å². The van der Waals surface area contributed by atoms with E-state index in [1.165, 1.54) is 11.0 Å². The third-order valence-electron chi connectivity index (χ3n) is 4.67. The zero-order valence-corrected chi connectivity index (χ0v) is 16.3. The minimum atomic E-state index is -0.681. The van der Waals surface area contributed by atoms with Crippen molar-refractivity contribution in [2.75, 3.05) is 0 Å². The Kier molecular flexibility index (Phi) is 5.28. The number of carbonyl (C=O) groups excluding carboxylic acids is 1. The van der Waals surface area contributed by atoms with E-state index >= 15 is 0 Å². The number of hydrogen-bond acceptors (Lipinski definition) is 6. The van der Waals surface area contributed by atoms with E-state index in [0.29, 0.717) is 11.7 Å². The van der Waals surface area contributed by atoms with Crippen LogP contribution in [0.3, 0.4) is 0 Å². The van der Waals surface area contributed by atoms with E-state index in [4.69, 9.17) is 0 Å². The van der Waals surface area contributed by atoms with Gasteiger partial charge in [0.15, 0.2) is 17.5 Å². The SMILES string of the molecule is CC(C)C[C@H](NC(=O)[C@H](c1ccccc1)n1cnnn1)c1nnc2ccccn12. The van der Waals surface area contributed by atoms with Crippen LogP contribution in [-0.4, -0.2) is 40.7 Å². The summed E-state index contributed by atoms with van der Waals surface area (Å²) in [6, 6.07) is 14.2. The van der Waals surface area contributed by atoms with Gasteiger partial charge >= 0.3 is 0 Å². The Morgan fingerprint density at radius 3 is 2.59 bits per heavy atom. The van der Waals surface area contributed by atoms with E-state index in [0.717, 1.165) is 17.6 Å². The van der Waals surface area contributed by atoms with Gasteiger partial charge in [-0.25, -0.2) is 4.68 Å². The molecule has 4 rings (SSSR count). The molecule has 0 aliphatic heterocycles. The van der Waals surface area contributed by atoms with Crippen molar-refractivity contribution in [2.24, 2.45) is 5.92 Å².